The quantitative estimate of drug-likeness (QED) is 0.299. The number of rotatable bonds is 11. The van der Waals surface area contributed by atoms with Gasteiger partial charge in [0.25, 0.3) is 0 Å². The van der Waals surface area contributed by atoms with E-state index in [1.54, 1.807) is 12.1 Å². The zero-order valence-corrected chi connectivity index (χ0v) is 23.5. The summed E-state index contributed by atoms with van der Waals surface area (Å²) in [5, 5.41) is -0.0202. The van der Waals surface area contributed by atoms with Crippen molar-refractivity contribution in [2.24, 2.45) is 0 Å². The van der Waals surface area contributed by atoms with Gasteiger partial charge >= 0.3 is 5.97 Å². The van der Waals surface area contributed by atoms with Crippen LogP contribution >= 0.6 is 0 Å². The van der Waals surface area contributed by atoms with E-state index >= 15 is 0 Å². The summed E-state index contributed by atoms with van der Waals surface area (Å²) in [5.41, 5.74) is 0.638. The van der Waals surface area contributed by atoms with E-state index in [1.807, 2.05) is 6.92 Å². The first-order valence-corrected chi connectivity index (χ1v) is 16.3. The Hall–Kier alpha value is -1.62. The fourth-order valence-electron chi connectivity index (χ4n) is 3.37. The van der Waals surface area contributed by atoms with E-state index in [4.69, 9.17) is 23.4 Å². The average Bonchev–Trinajstić information content (AvgIpc) is 3.18. The number of sulfone groups is 1. The van der Waals surface area contributed by atoms with E-state index in [-0.39, 0.29) is 28.0 Å². The number of methoxy groups -OCH3 is 1. The molecule has 0 bridgehead atoms. The lowest BCUT2D eigenvalue weighted by molar-refractivity contribution is -0.173. The first-order valence-electron chi connectivity index (χ1n) is 11.8. The van der Waals surface area contributed by atoms with Gasteiger partial charge in [0.2, 0.25) is 6.29 Å². The third-order valence-electron chi connectivity index (χ3n) is 6.32. The predicted octanol–water partition coefficient (Wildman–Crippen LogP) is 5.02. The summed E-state index contributed by atoms with van der Waals surface area (Å²) in [6, 6.07) is 3.33. The van der Waals surface area contributed by atoms with Crippen molar-refractivity contribution in [2.75, 3.05) is 26.1 Å². The van der Waals surface area contributed by atoms with Crippen molar-refractivity contribution >= 4 is 24.1 Å². The number of carbonyl (C=O) groups excluding carboxylic acids is 1. The predicted molar refractivity (Wildman–Crippen MR) is 133 cm³/mol. The number of benzene rings is 1. The van der Waals surface area contributed by atoms with Crippen LogP contribution in [0.5, 0.6) is 11.5 Å². The fraction of sp³-hybridized carbons (Fsp3) is 0.708. The lowest BCUT2D eigenvalue weighted by atomic mass is 10.1. The molecule has 0 spiro atoms. The third-order valence-corrected chi connectivity index (χ3v) is 12.5. The molecule has 1 heterocycles. The molecule has 34 heavy (non-hydrogen) atoms. The van der Waals surface area contributed by atoms with Crippen molar-refractivity contribution in [2.45, 2.75) is 89.3 Å². The van der Waals surface area contributed by atoms with Crippen LogP contribution in [0.2, 0.25) is 18.1 Å². The Morgan fingerprint density at radius 2 is 1.85 bits per heavy atom. The zero-order chi connectivity index (χ0) is 25.7. The molecule has 1 saturated heterocycles. The van der Waals surface area contributed by atoms with Crippen LogP contribution in [0, 0.1) is 0 Å². The van der Waals surface area contributed by atoms with Crippen molar-refractivity contribution in [1.82, 2.24) is 0 Å². The normalized spacial score (nSPS) is 19.2. The highest BCUT2D eigenvalue weighted by molar-refractivity contribution is 7.91. The molecule has 0 radical (unpaired) electrons. The summed E-state index contributed by atoms with van der Waals surface area (Å²) in [6.45, 7) is 14.3. The second-order valence-corrected chi connectivity index (χ2v) is 17.0. The minimum absolute atomic E-state index is 0.0202. The molecule has 194 valence electrons. The Morgan fingerprint density at radius 3 is 2.41 bits per heavy atom. The lowest BCUT2D eigenvalue weighted by Crippen LogP contribution is -2.41. The van der Waals surface area contributed by atoms with Gasteiger partial charge in [-0.15, -0.1) is 0 Å². The van der Waals surface area contributed by atoms with Gasteiger partial charge in [-0.05, 0) is 48.7 Å². The molecule has 0 amide bonds. The monoisotopic (exact) mass is 516 g/mol. The van der Waals surface area contributed by atoms with Gasteiger partial charge in [-0.2, -0.15) is 0 Å². The van der Waals surface area contributed by atoms with E-state index in [2.05, 4.69) is 33.9 Å². The van der Waals surface area contributed by atoms with Crippen LogP contribution < -0.4 is 9.47 Å². The molecule has 1 aromatic rings. The van der Waals surface area contributed by atoms with Gasteiger partial charge in [0.05, 0.1) is 25.6 Å². The number of ether oxygens (including phenoxy) is 4. The smallest absolute Gasteiger partial charge is 0.304 e. The van der Waals surface area contributed by atoms with Crippen LogP contribution in [0.25, 0.3) is 0 Å². The minimum Gasteiger partial charge on any atom is -0.493 e. The SMILES string of the molecule is CCCOc1c(OC)cc([C@@H]2CC[C@@H](OC(C)=O)O2)cc1S(=O)(=O)CCO[Si](C)(C)C(C)(C)C. The molecule has 2 atom stereocenters. The summed E-state index contributed by atoms with van der Waals surface area (Å²) >= 11 is 0. The molecule has 0 saturated carbocycles. The van der Waals surface area contributed by atoms with Gasteiger partial charge in [0, 0.05) is 20.0 Å². The Labute approximate surface area is 205 Å². The number of hydrogen-bond acceptors (Lipinski definition) is 8. The Balaban J connectivity index is 2.37. The van der Waals surface area contributed by atoms with E-state index in [0.717, 1.165) is 0 Å². The van der Waals surface area contributed by atoms with Crippen molar-refractivity contribution in [1.29, 1.82) is 0 Å². The van der Waals surface area contributed by atoms with Crippen LogP contribution in [0.15, 0.2) is 17.0 Å². The fourth-order valence-corrected chi connectivity index (χ4v) is 5.84. The minimum atomic E-state index is -3.76. The number of carbonyl (C=O) groups is 1. The molecule has 1 fully saturated rings. The molecule has 0 aromatic heterocycles. The largest absolute Gasteiger partial charge is 0.493 e. The Morgan fingerprint density at radius 1 is 1.18 bits per heavy atom. The molecule has 10 heteroatoms. The maximum Gasteiger partial charge on any atom is 0.304 e. The van der Waals surface area contributed by atoms with Crippen LogP contribution in [0.3, 0.4) is 0 Å². The first kappa shape index (κ1) is 28.6. The summed E-state index contributed by atoms with van der Waals surface area (Å²) < 4.78 is 55.5. The van der Waals surface area contributed by atoms with Gasteiger partial charge < -0.3 is 23.4 Å². The summed E-state index contributed by atoms with van der Waals surface area (Å²) in [4.78, 5) is 11.3. The number of esters is 1. The van der Waals surface area contributed by atoms with E-state index < -0.39 is 36.5 Å². The molecule has 8 nitrogen and oxygen atoms in total. The standard InChI is InChI=1S/C24H40O8SSi/c1-9-12-29-23-20(28-6)15-18(19-10-11-22(32-19)31-17(2)25)16-21(23)33(26,27)14-13-30-34(7,8)24(3,4)5/h15-16,19,22H,9-14H2,1-8H3/t19-,22-/m0/s1. The van der Waals surface area contributed by atoms with Gasteiger partial charge in [-0.1, -0.05) is 27.7 Å². The third kappa shape index (κ3) is 7.19. The summed E-state index contributed by atoms with van der Waals surface area (Å²) in [6.07, 6.45) is 0.764. The highest BCUT2D eigenvalue weighted by atomic mass is 32.2. The van der Waals surface area contributed by atoms with Crippen LogP contribution in [-0.2, 0) is 28.5 Å². The second kappa shape index (κ2) is 11.4. The van der Waals surface area contributed by atoms with Crippen LogP contribution in [0.4, 0.5) is 0 Å². The topological polar surface area (TPSA) is 97.4 Å². The average molecular weight is 517 g/mol. The molecule has 0 unspecified atom stereocenters. The van der Waals surface area contributed by atoms with Gasteiger partial charge in [0.1, 0.15) is 4.90 Å². The maximum atomic E-state index is 13.5. The molecule has 1 aliphatic rings. The van der Waals surface area contributed by atoms with E-state index in [0.29, 0.717) is 37.2 Å². The number of hydrogen-bond donors (Lipinski definition) is 0. The summed E-state index contributed by atoms with van der Waals surface area (Å²) in [5.74, 6) is -0.0585. The van der Waals surface area contributed by atoms with E-state index in [9.17, 15) is 13.2 Å². The Bertz CT molecular complexity index is 952. The van der Waals surface area contributed by atoms with Crippen LogP contribution in [0.1, 0.15) is 65.5 Å². The molecular weight excluding hydrogens is 476 g/mol. The maximum absolute atomic E-state index is 13.5. The molecule has 1 aliphatic heterocycles. The van der Waals surface area contributed by atoms with Gasteiger partial charge in [-0.3, -0.25) is 4.79 Å². The van der Waals surface area contributed by atoms with Crippen LogP contribution in [-0.4, -0.2) is 55.1 Å². The molecule has 0 aliphatic carbocycles. The first-order chi connectivity index (χ1) is 15.7. The Kier molecular flexibility index (Phi) is 9.60. The summed E-state index contributed by atoms with van der Waals surface area (Å²) in [7, 11) is -4.37. The zero-order valence-electron chi connectivity index (χ0n) is 21.7. The molecule has 1 aromatic carbocycles. The second-order valence-electron chi connectivity index (χ2n) is 10.1. The van der Waals surface area contributed by atoms with Crippen molar-refractivity contribution < 1.29 is 36.6 Å². The van der Waals surface area contributed by atoms with Gasteiger partial charge in [0.15, 0.2) is 29.7 Å². The van der Waals surface area contributed by atoms with Gasteiger partial charge in [-0.25, -0.2) is 8.42 Å². The highest BCUT2D eigenvalue weighted by Gasteiger charge is 2.38. The molecular formula is C24H40O8SSi. The van der Waals surface area contributed by atoms with E-state index in [1.165, 1.54) is 14.0 Å². The van der Waals surface area contributed by atoms with Crippen molar-refractivity contribution in [3.05, 3.63) is 17.7 Å². The molecule has 0 N–H and O–H groups in total. The molecule has 2 rings (SSSR count). The lowest BCUT2D eigenvalue weighted by Gasteiger charge is -2.36. The van der Waals surface area contributed by atoms with Crippen molar-refractivity contribution in [3.63, 3.8) is 0 Å². The van der Waals surface area contributed by atoms with Crippen molar-refractivity contribution in [3.8, 4) is 11.5 Å². The highest BCUT2D eigenvalue weighted by Crippen LogP contribution is 2.42.